The Labute approximate surface area is 136 Å². The maximum absolute atomic E-state index is 11.1. The van der Waals surface area contributed by atoms with Gasteiger partial charge in [-0.1, -0.05) is 36.4 Å². The van der Waals surface area contributed by atoms with Crippen LogP contribution in [0.25, 0.3) is 0 Å². The van der Waals surface area contributed by atoms with E-state index in [9.17, 15) is 4.79 Å². The lowest BCUT2D eigenvalue weighted by atomic mass is 10.2. The summed E-state index contributed by atoms with van der Waals surface area (Å²) in [6.45, 7) is 3.79. The van der Waals surface area contributed by atoms with Gasteiger partial charge in [-0.15, -0.1) is 0 Å². The summed E-state index contributed by atoms with van der Waals surface area (Å²) in [5.74, 6) is 0.803. The first-order chi connectivity index (χ1) is 11.3. The first-order valence-electron chi connectivity index (χ1n) is 7.69. The van der Waals surface area contributed by atoms with Crippen molar-refractivity contribution in [1.29, 1.82) is 0 Å². The highest BCUT2D eigenvalue weighted by atomic mass is 16.5. The lowest BCUT2D eigenvalue weighted by Crippen LogP contribution is -2.29. The smallest absolute Gasteiger partial charge is 0.407 e. The molecular weight excluding hydrogens is 292 g/mol. The molecule has 0 aliphatic carbocycles. The van der Waals surface area contributed by atoms with Crippen molar-refractivity contribution in [2.24, 2.45) is 0 Å². The second-order valence-electron chi connectivity index (χ2n) is 4.88. The molecule has 122 valence electrons. The number of carbonyl (C=O) groups is 1. The minimum Gasteiger partial charge on any atom is -0.489 e. The van der Waals surface area contributed by atoms with Gasteiger partial charge in [0.2, 0.25) is 0 Å². The van der Waals surface area contributed by atoms with Crippen molar-refractivity contribution in [1.82, 2.24) is 5.32 Å². The first kappa shape index (κ1) is 16.7. The van der Waals surface area contributed by atoms with Crippen LogP contribution in [0.5, 0.6) is 5.75 Å². The van der Waals surface area contributed by atoms with Crippen LogP contribution < -0.4 is 15.4 Å². The van der Waals surface area contributed by atoms with E-state index in [1.54, 1.807) is 6.92 Å². The topological polar surface area (TPSA) is 59.6 Å². The Balaban J connectivity index is 1.75. The van der Waals surface area contributed by atoms with Crippen LogP contribution >= 0.6 is 0 Å². The summed E-state index contributed by atoms with van der Waals surface area (Å²) in [5.41, 5.74) is 2.07. The molecule has 0 radical (unpaired) electrons. The molecule has 5 nitrogen and oxygen atoms in total. The lowest BCUT2D eigenvalue weighted by Gasteiger charge is -2.10. The summed E-state index contributed by atoms with van der Waals surface area (Å²) in [7, 11) is 0. The van der Waals surface area contributed by atoms with E-state index in [0.29, 0.717) is 26.3 Å². The number of ether oxygens (including phenoxy) is 2. The van der Waals surface area contributed by atoms with Gasteiger partial charge in [-0.2, -0.15) is 0 Å². The van der Waals surface area contributed by atoms with E-state index in [1.807, 2.05) is 54.6 Å². The van der Waals surface area contributed by atoms with E-state index in [2.05, 4.69) is 10.6 Å². The van der Waals surface area contributed by atoms with Gasteiger partial charge in [0.05, 0.1) is 6.61 Å². The van der Waals surface area contributed by atoms with Gasteiger partial charge in [0.15, 0.2) is 0 Å². The molecule has 5 heteroatoms. The van der Waals surface area contributed by atoms with Crippen molar-refractivity contribution in [3.8, 4) is 5.75 Å². The number of amides is 1. The fourth-order valence-corrected chi connectivity index (χ4v) is 1.99. The Morgan fingerprint density at radius 3 is 2.65 bits per heavy atom. The number of benzene rings is 2. The largest absolute Gasteiger partial charge is 0.489 e. The predicted molar refractivity (Wildman–Crippen MR) is 90.7 cm³/mol. The average molecular weight is 314 g/mol. The van der Waals surface area contributed by atoms with E-state index in [4.69, 9.17) is 9.47 Å². The van der Waals surface area contributed by atoms with Crippen molar-refractivity contribution in [2.45, 2.75) is 13.5 Å². The second-order valence-corrected chi connectivity index (χ2v) is 4.88. The lowest BCUT2D eigenvalue weighted by molar-refractivity contribution is 0.152. The Morgan fingerprint density at radius 2 is 1.87 bits per heavy atom. The standard InChI is InChI=1S/C18H22N2O3/c1-2-22-18(21)20-12-11-19-16-9-6-10-17(13-16)23-14-15-7-4-3-5-8-15/h3-10,13,19H,2,11-12,14H2,1H3,(H,20,21). The molecule has 1 amide bonds. The van der Waals surface area contributed by atoms with Gasteiger partial charge >= 0.3 is 6.09 Å². The van der Waals surface area contributed by atoms with Crippen LogP contribution in [0.4, 0.5) is 10.5 Å². The van der Waals surface area contributed by atoms with Gasteiger partial charge in [-0.3, -0.25) is 0 Å². The highest BCUT2D eigenvalue weighted by molar-refractivity contribution is 5.67. The van der Waals surface area contributed by atoms with Crippen LogP contribution in [0.1, 0.15) is 12.5 Å². The van der Waals surface area contributed by atoms with Crippen LogP contribution in [-0.4, -0.2) is 25.8 Å². The maximum atomic E-state index is 11.1. The van der Waals surface area contributed by atoms with Crippen LogP contribution in [0, 0.1) is 0 Å². The summed E-state index contributed by atoms with van der Waals surface area (Å²) >= 11 is 0. The number of rotatable bonds is 8. The number of hydrogen-bond acceptors (Lipinski definition) is 4. The summed E-state index contributed by atoms with van der Waals surface area (Å²) in [6.07, 6.45) is -0.394. The van der Waals surface area contributed by atoms with Gasteiger partial charge in [-0.05, 0) is 24.6 Å². The van der Waals surface area contributed by atoms with Crippen molar-refractivity contribution >= 4 is 11.8 Å². The number of alkyl carbamates (subject to hydrolysis) is 1. The normalized spacial score (nSPS) is 9.96. The summed E-state index contributed by atoms with van der Waals surface area (Å²) in [5, 5.41) is 5.89. The fourth-order valence-electron chi connectivity index (χ4n) is 1.99. The zero-order chi connectivity index (χ0) is 16.3. The third kappa shape index (κ3) is 6.30. The third-order valence-electron chi connectivity index (χ3n) is 3.08. The minimum absolute atomic E-state index is 0.375. The molecule has 0 atom stereocenters. The summed E-state index contributed by atoms with van der Waals surface area (Å²) < 4.78 is 10.6. The molecule has 0 spiro atoms. The molecule has 0 aliphatic rings. The number of carbonyl (C=O) groups excluding carboxylic acids is 1. The van der Waals surface area contributed by atoms with E-state index < -0.39 is 6.09 Å². The molecule has 2 aromatic carbocycles. The van der Waals surface area contributed by atoms with Gasteiger partial charge in [0, 0.05) is 24.8 Å². The van der Waals surface area contributed by atoms with E-state index in [1.165, 1.54) is 0 Å². The van der Waals surface area contributed by atoms with Gasteiger partial charge in [0.25, 0.3) is 0 Å². The molecule has 2 rings (SSSR count). The quantitative estimate of drug-likeness (QED) is 0.733. The Bertz CT molecular complexity index is 602. The van der Waals surface area contributed by atoms with Crippen molar-refractivity contribution in [3.63, 3.8) is 0 Å². The van der Waals surface area contributed by atoms with Crippen molar-refractivity contribution < 1.29 is 14.3 Å². The number of nitrogens with one attached hydrogen (secondary N) is 2. The second kappa shape index (κ2) is 9.35. The molecule has 2 N–H and O–H groups in total. The average Bonchev–Trinajstić information content (AvgIpc) is 2.59. The molecule has 0 aliphatic heterocycles. The summed E-state index contributed by atoms with van der Waals surface area (Å²) in [4.78, 5) is 11.1. The SMILES string of the molecule is CCOC(=O)NCCNc1cccc(OCc2ccccc2)c1. The molecule has 23 heavy (non-hydrogen) atoms. The Kier molecular flexibility index (Phi) is 6.78. The molecule has 0 unspecified atom stereocenters. The molecule has 0 saturated carbocycles. The van der Waals surface area contributed by atoms with Crippen LogP contribution in [-0.2, 0) is 11.3 Å². The third-order valence-corrected chi connectivity index (χ3v) is 3.08. The highest BCUT2D eigenvalue weighted by Gasteiger charge is 2.00. The van der Waals surface area contributed by atoms with Crippen LogP contribution in [0.3, 0.4) is 0 Å². The Morgan fingerprint density at radius 1 is 1.04 bits per heavy atom. The summed E-state index contributed by atoms with van der Waals surface area (Å²) in [6, 6.07) is 17.8. The maximum Gasteiger partial charge on any atom is 0.407 e. The zero-order valence-corrected chi connectivity index (χ0v) is 13.2. The molecule has 0 saturated heterocycles. The van der Waals surface area contributed by atoms with E-state index in [0.717, 1.165) is 17.0 Å². The Hall–Kier alpha value is -2.69. The molecule has 0 fully saturated rings. The van der Waals surface area contributed by atoms with Crippen molar-refractivity contribution in [3.05, 3.63) is 60.2 Å². The first-order valence-corrected chi connectivity index (χ1v) is 7.69. The molecule has 0 aromatic heterocycles. The van der Waals surface area contributed by atoms with Gasteiger partial charge in [-0.25, -0.2) is 4.79 Å². The molecule has 2 aromatic rings. The predicted octanol–water partition coefficient (Wildman–Crippen LogP) is 3.42. The number of anilines is 1. The minimum atomic E-state index is -0.394. The van der Waals surface area contributed by atoms with Crippen molar-refractivity contribution in [2.75, 3.05) is 25.0 Å². The molecule has 0 bridgehead atoms. The fraction of sp³-hybridized carbons (Fsp3) is 0.278. The van der Waals surface area contributed by atoms with Crippen LogP contribution in [0.15, 0.2) is 54.6 Å². The highest BCUT2D eigenvalue weighted by Crippen LogP contribution is 2.18. The monoisotopic (exact) mass is 314 g/mol. The van der Waals surface area contributed by atoms with E-state index in [-0.39, 0.29) is 0 Å². The molecule has 0 heterocycles. The van der Waals surface area contributed by atoms with Gasteiger partial charge in [0.1, 0.15) is 12.4 Å². The molecular formula is C18H22N2O3. The van der Waals surface area contributed by atoms with Gasteiger partial charge < -0.3 is 20.1 Å². The number of hydrogen-bond donors (Lipinski definition) is 2. The van der Waals surface area contributed by atoms with Crippen LogP contribution in [0.2, 0.25) is 0 Å². The zero-order valence-electron chi connectivity index (χ0n) is 13.2. The van der Waals surface area contributed by atoms with E-state index >= 15 is 0 Å².